The third-order valence-electron chi connectivity index (χ3n) is 3.59. The van der Waals surface area contributed by atoms with E-state index in [2.05, 4.69) is 10.0 Å². The van der Waals surface area contributed by atoms with E-state index in [4.69, 9.17) is 4.74 Å². The van der Waals surface area contributed by atoms with Crippen LogP contribution in [-0.2, 0) is 14.8 Å². The van der Waals surface area contributed by atoms with E-state index in [0.717, 1.165) is 24.7 Å². The maximum Gasteiger partial charge on any atom is 0.243 e. The van der Waals surface area contributed by atoms with Gasteiger partial charge in [0, 0.05) is 18.3 Å². The molecule has 6 nitrogen and oxygen atoms in total. The number of unbranched alkanes of at least 4 members (excludes halogenated alkanes) is 1. The monoisotopic (exact) mass is 406 g/mol. The largest absolute Gasteiger partial charge is 0.494 e. The normalized spacial score (nSPS) is 11.4. The number of ether oxygens (including phenoxy) is 1. The molecule has 0 spiro atoms. The fourth-order valence-corrected chi connectivity index (χ4v) is 2.83. The van der Waals surface area contributed by atoms with Crippen molar-refractivity contribution in [3.8, 4) is 5.75 Å². The third-order valence-corrected chi connectivity index (χ3v) is 4.20. The molecule has 0 atom stereocenters. The third kappa shape index (κ3) is 8.68. The van der Waals surface area contributed by atoms with Gasteiger partial charge in [-0.1, -0.05) is 12.1 Å². The lowest BCUT2D eigenvalue weighted by Crippen LogP contribution is -2.22. The highest BCUT2D eigenvalue weighted by molar-refractivity contribution is 7.92. The number of nitrogens with one attached hydrogen (secondary N) is 2. The Morgan fingerprint density at radius 1 is 1.07 bits per heavy atom. The van der Waals surface area contributed by atoms with Crippen molar-refractivity contribution in [3.63, 3.8) is 0 Å². The van der Waals surface area contributed by atoms with Gasteiger partial charge < -0.3 is 10.1 Å². The minimum Gasteiger partial charge on any atom is -0.494 e. The quantitative estimate of drug-likeness (QED) is 0.469. The number of carbonyl (C=O) groups is 1. The Bertz CT molecular complexity index is 895. The van der Waals surface area contributed by atoms with Gasteiger partial charge in [-0.3, -0.25) is 9.52 Å². The Balaban J connectivity index is 1.63. The first-order valence-corrected chi connectivity index (χ1v) is 10.6. The summed E-state index contributed by atoms with van der Waals surface area (Å²) in [5.41, 5.74) is 1.24. The van der Waals surface area contributed by atoms with Gasteiger partial charge >= 0.3 is 0 Å². The molecule has 0 radical (unpaired) electrons. The second-order valence-electron chi connectivity index (χ2n) is 6.13. The average Bonchev–Trinajstić information content (AvgIpc) is 2.64. The number of hydrogen-bond acceptors (Lipinski definition) is 4. The number of benzene rings is 2. The van der Waals surface area contributed by atoms with Crippen molar-refractivity contribution in [1.82, 2.24) is 5.32 Å². The Morgan fingerprint density at radius 2 is 1.75 bits per heavy atom. The van der Waals surface area contributed by atoms with Crippen molar-refractivity contribution in [2.24, 2.45) is 0 Å². The predicted molar refractivity (Wildman–Crippen MR) is 108 cm³/mol. The molecule has 0 bridgehead atoms. The summed E-state index contributed by atoms with van der Waals surface area (Å²) in [7, 11) is -3.31. The molecule has 0 saturated carbocycles. The number of amides is 1. The molecule has 150 valence electrons. The standard InChI is InChI=1S/C20H23FN2O4S/c1-28(25,26)23-18-9-4-16(5-10-18)6-13-20(24)22-14-2-3-15-27-19-11-7-17(21)8-12-19/h4-13,23H,2-3,14-15H2,1H3,(H,22,24)/b13-6+. The van der Waals surface area contributed by atoms with Crippen LogP contribution in [0.3, 0.4) is 0 Å². The molecule has 0 aliphatic rings. The molecule has 0 unspecified atom stereocenters. The van der Waals surface area contributed by atoms with Crippen LogP contribution in [0.2, 0.25) is 0 Å². The van der Waals surface area contributed by atoms with Crippen LogP contribution in [0.5, 0.6) is 5.75 Å². The van der Waals surface area contributed by atoms with E-state index >= 15 is 0 Å². The molecule has 0 saturated heterocycles. The SMILES string of the molecule is CS(=O)(=O)Nc1ccc(/C=C/C(=O)NCCCCOc2ccc(F)cc2)cc1. The highest BCUT2D eigenvalue weighted by Gasteiger charge is 2.01. The van der Waals surface area contributed by atoms with Gasteiger partial charge in [0.15, 0.2) is 0 Å². The van der Waals surface area contributed by atoms with Crippen LogP contribution in [0.1, 0.15) is 18.4 Å². The topological polar surface area (TPSA) is 84.5 Å². The first-order valence-electron chi connectivity index (χ1n) is 8.74. The number of carbonyl (C=O) groups excluding carboxylic acids is 1. The van der Waals surface area contributed by atoms with Gasteiger partial charge in [0.25, 0.3) is 0 Å². The summed E-state index contributed by atoms with van der Waals surface area (Å²) in [6, 6.07) is 12.5. The van der Waals surface area contributed by atoms with Crippen LogP contribution < -0.4 is 14.8 Å². The lowest BCUT2D eigenvalue weighted by Gasteiger charge is -2.06. The highest BCUT2D eigenvalue weighted by Crippen LogP contribution is 2.12. The first-order chi connectivity index (χ1) is 13.3. The summed E-state index contributed by atoms with van der Waals surface area (Å²) < 4.78 is 42.9. The van der Waals surface area contributed by atoms with Crippen molar-refractivity contribution in [2.75, 3.05) is 24.1 Å². The van der Waals surface area contributed by atoms with Crippen LogP contribution in [0, 0.1) is 5.82 Å². The van der Waals surface area contributed by atoms with E-state index in [0.29, 0.717) is 24.6 Å². The lowest BCUT2D eigenvalue weighted by atomic mass is 10.2. The Morgan fingerprint density at radius 3 is 2.39 bits per heavy atom. The van der Waals surface area contributed by atoms with Crippen molar-refractivity contribution in [2.45, 2.75) is 12.8 Å². The molecule has 0 fully saturated rings. The van der Waals surface area contributed by atoms with Crippen LogP contribution >= 0.6 is 0 Å². The lowest BCUT2D eigenvalue weighted by molar-refractivity contribution is -0.116. The van der Waals surface area contributed by atoms with Gasteiger partial charge in [0.05, 0.1) is 12.9 Å². The van der Waals surface area contributed by atoms with Crippen LogP contribution in [0.25, 0.3) is 6.08 Å². The molecule has 1 amide bonds. The molecule has 28 heavy (non-hydrogen) atoms. The molecule has 2 N–H and O–H groups in total. The van der Waals surface area contributed by atoms with Gasteiger partial charge in [0.2, 0.25) is 15.9 Å². The maximum atomic E-state index is 12.8. The number of anilines is 1. The Hall–Kier alpha value is -2.87. The number of hydrogen-bond donors (Lipinski definition) is 2. The Labute approximate surface area is 164 Å². The maximum absolute atomic E-state index is 12.8. The molecule has 2 aromatic carbocycles. The van der Waals surface area contributed by atoms with Gasteiger partial charge in [-0.25, -0.2) is 12.8 Å². The summed E-state index contributed by atoms with van der Waals surface area (Å²) in [5, 5.41) is 2.78. The number of halogens is 1. The van der Waals surface area contributed by atoms with Crippen LogP contribution in [0.4, 0.5) is 10.1 Å². The zero-order chi connectivity index (χ0) is 20.4. The molecule has 2 rings (SSSR count). The smallest absolute Gasteiger partial charge is 0.243 e. The van der Waals surface area contributed by atoms with Crippen molar-refractivity contribution in [3.05, 3.63) is 66.0 Å². The van der Waals surface area contributed by atoms with Crippen molar-refractivity contribution >= 4 is 27.7 Å². The molecule has 2 aromatic rings. The molecule has 8 heteroatoms. The summed E-state index contributed by atoms with van der Waals surface area (Å²) in [6.07, 6.45) is 5.67. The molecular weight excluding hydrogens is 383 g/mol. The predicted octanol–water partition coefficient (Wildman–Crippen LogP) is 3.19. The first kappa shape index (κ1) is 21.4. The Kier molecular flexibility index (Phi) is 8.01. The van der Waals surface area contributed by atoms with Crippen molar-refractivity contribution in [1.29, 1.82) is 0 Å². The molecule has 0 aliphatic heterocycles. The fraction of sp³-hybridized carbons (Fsp3) is 0.250. The molecule has 0 aliphatic carbocycles. The summed E-state index contributed by atoms with van der Waals surface area (Å²) in [5.74, 6) is 0.105. The van der Waals surface area contributed by atoms with E-state index in [1.54, 1.807) is 42.5 Å². The molecular formula is C20H23FN2O4S. The van der Waals surface area contributed by atoms with Crippen LogP contribution in [0.15, 0.2) is 54.6 Å². The minimum atomic E-state index is -3.31. The summed E-state index contributed by atoms with van der Waals surface area (Å²) in [6.45, 7) is 1.01. The minimum absolute atomic E-state index is 0.210. The van der Waals surface area contributed by atoms with E-state index in [9.17, 15) is 17.6 Å². The number of sulfonamides is 1. The number of rotatable bonds is 10. The van der Waals surface area contributed by atoms with Gasteiger partial charge in [-0.05, 0) is 60.9 Å². The highest BCUT2D eigenvalue weighted by atomic mass is 32.2. The van der Waals surface area contributed by atoms with E-state index < -0.39 is 10.0 Å². The van der Waals surface area contributed by atoms with Gasteiger partial charge in [-0.2, -0.15) is 0 Å². The second-order valence-corrected chi connectivity index (χ2v) is 7.88. The fourth-order valence-electron chi connectivity index (χ4n) is 2.27. The summed E-state index contributed by atoms with van der Waals surface area (Å²) >= 11 is 0. The average molecular weight is 406 g/mol. The van der Waals surface area contributed by atoms with Gasteiger partial charge in [-0.15, -0.1) is 0 Å². The summed E-state index contributed by atoms with van der Waals surface area (Å²) in [4.78, 5) is 11.8. The van der Waals surface area contributed by atoms with Gasteiger partial charge in [0.1, 0.15) is 11.6 Å². The zero-order valence-electron chi connectivity index (χ0n) is 15.5. The van der Waals surface area contributed by atoms with Crippen LogP contribution in [-0.4, -0.2) is 33.7 Å². The molecule has 0 heterocycles. The van der Waals surface area contributed by atoms with E-state index in [1.165, 1.54) is 18.2 Å². The van der Waals surface area contributed by atoms with Crippen molar-refractivity contribution < 1.29 is 22.3 Å². The van der Waals surface area contributed by atoms with E-state index in [1.807, 2.05) is 0 Å². The second kappa shape index (κ2) is 10.5. The van der Waals surface area contributed by atoms with E-state index in [-0.39, 0.29) is 11.7 Å². The zero-order valence-corrected chi connectivity index (χ0v) is 16.3. The molecule has 0 aromatic heterocycles.